The van der Waals surface area contributed by atoms with Gasteiger partial charge in [0.1, 0.15) is 12.2 Å². The van der Waals surface area contributed by atoms with Crippen LogP contribution < -0.4 is 0 Å². The van der Waals surface area contributed by atoms with Gasteiger partial charge >= 0.3 is 0 Å². The Morgan fingerprint density at radius 2 is 2.41 bits per heavy atom. The summed E-state index contributed by atoms with van der Waals surface area (Å²) in [6.07, 6.45) is 3.00. The highest BCUT2D eigenvalue weighted by atomic mass is 16.5. The second-order valence-electron chi connectivity index (χ2n) is 5.31. The lowest BCUT2D eigenvalue weighted by Gasteiger charge is -2.29. The quantitative estimate of drug-likeness (QED) is 0.857. The standard InChI is InChI=1S/C12H21N3O2/c1-9(2)15-11(13-8-14-15)6-12(3,16)10-4-5-17-7-10/h8-10,16H,4-7H2,1-3H3. The van der Waals surface area contributed by atoms with Gasteiger partial charge < -0.3 is 9.84 Å². The molecule has 0 aromatic carbocycles. The fourth-order valence-corrected chi connectivity index (χ4v) is 2.32. The molecule has 1 saturated heterocycles. The average Bonchev–Trinajstić information content (AvgIpc) is 2.85. The van der Waals surface area contributed by atoms with Crippen molar-refractivity contribution in [2.45, 2.75) is 45.3 Å². The minimum atomic E-state index is -0.768. The number of aromatic nitrogens is 3. The van der Waals surface area contributed by atoms with Gasteiger partial charge in [-0.25, -0.2) is 9.67 Å². The van der Waals surface area contributed by atoms with Crippen molar-refractivity contribution in [3.05, 3.63) is 12.2 Å². The molecule has 0 saturated carbocycles. The van der Waals surface area contributed by atoms with Crippen molar-refractivity contribution >= 4 is 0 Å². The minimum Gasteiger partial charge on any atom is -0.389 e. The predicted octanol–water partition coefficient (Wildman–Crippen LogP) is 1.19. The van der Waals surface area contributed by atoms with Crippen LogP contribution in [0.5, 0.6) is 0 Å². The lowest BCUT2D eigenvalue weighted by molar-refractivity contribution is -0.00711. The molecule has 1 aliphatic rings. The molecule has 0 spiro atoms. The highest BCUT2D eigenvalue weighted by molar-refractivity contribution is 4.97. The van der Waals surface area contributed by atoms with Crippen molar-refractivity contribution in [1.82, 2.24) is 14.8 Å². The summed E-state index contributed by atoms with van der Waals surface area (Å²) < 4.78 is 7.20. The zero-order chi connectivity index (χ0) is 12.5. The molecule has 17 heavy (non-hydrogen) atoms. The van der Waals surface area contributed by atoms with Crippen LogP contribution in [-0.4, -0.2) is 38.7 Å². The van der Waals surface area contributed by atoms with E-state index in [0.717, 1.165) is 18.9 Å². The molecule has 1 N–H and O–H groups in total. The Balaban J connectivity index is 2.10. The average molecular weight is 239 g/mol. The van der Waals surface area contributed by atoms with Gasteiger partial charge in [0.2, 0.25) is 0 Å². The van der Waals surface area contributed by atoms with E-state index in [4.69, 9.17) is 4.74 Å². The van der Waals surface area contributed by atoms with Crippen molar-refractivity contribution in [3.8, 4) is 0 Å². The van der Waals surface area contributed by atoms with Crippen LogP contribution in [0.3, 0.4) is 0 Å². The molecular formula is C12H21N3O2. The zero-order valence-electron chi connectivity index (χ0n) is 10.8. The van der Waals surface area contributed by atoms with Crippen LogP contribution in [-0.2, 0) is 11.2 Å². The Bertz CT molecular complexity index is 368. The van der Waals surface area contributed by atoms with E-state index < -0.39 is 5.60 Å². The third-order valence-electron chi connectivity index (χ3n) is 3.46. The van der Waals surface area contributed by atoms with Crippen LogP contribution in [0.1, 0.15) is 39.1 Å². The van der Waals surface area contributed by atoms with E-state index in [2.05, 4.69) is 23.9 Å². The van der Waals surface area contributed by atoms with Gasteiger partial charge in [0.05, 0.1) is 12.2 Å². The zero-order valence-corrected chi connectivity index (χ0v) is 10.8. The Kier molecular flexibility index (Phi) is 3.49. The maximum Gasteiger partial charge on any atom is 0.138 e. The summed E-state index contributed by atoms with van der Waals surface area (Å²) in [5.74, 6) is 1.04. The molecule has 0 amide bonds. The minimum absolute atomic E-state index is 0.194. The fourth-order valence-electron chi connectivity index (χ4n) is 2.32. The van der Waals surface area contributed by atoms with Gasteiger partial charge in [0, 0.05) is 25.0 Å². The van der Waals surface area contributed by atoms with Crippen LogP contribution in [0.25, 0.3) is 0 Å². The van der Waals surface area contributed by atoms with Crippen LogP contribution in [0.2, 0.25) is 0 Å². The van der Waals surface area contributed by atoms with Crippen molar-refractivity contribution < 1.29 is 9.84 Å². The SMILES string of the molecule is CC(C)n1ncnc1CC(C)(O)C1CCOC1. The summed E-state index contributed by atoms with van der Waals surface area (Å²) >= 11 is 0. The molecular weight excluding hydrogens is 218 g/mol. The summed E-state index contributed by atoms with van der Waals surface area (Å²) in [5, 5.41) is 14.7. The largest absolute Gasteiger partial charge is 0.389 e. The van der Waals surface area contributed by atoms with Gasteiger partial charge in [-0.3, -0.25) is 0 Å². The number of rotatable bonds is 4. The van der Waals surface area contributed by atoms with Gasteiger partial charge in [-0.15, -0.1) is 0 Å². The molecule has 96 valence electrons. The molecule has 5 heteroatoms. The summed E-state index contributed by atoms with van der Waals surface area (Å²) in [6.45, 7) is 7.38. The van der Waals surface area contributed by atoms with E-state index >= 15 is 0 Å². The van der Waals surface area contributed by atoms with E-state index in [1.54, 1.807) is 6.33 Å². The Labute approximate surface area is 102 Å². The summed E-state index contributed by atoms with van der Waals surface area (Å²) in [7, 11) is 0. The van der Waals surface area contributed by atoms with Crippen LogP contribution >= 0.6 is 0 Å². The first-order chi connectivity index (χ1) is 8.00. The third-order valence-corrected chi connectivity index (χ3v) is 3.46. The normalized spacial score (nSPS) is 24.2. The molecule has 2 rings (SSSR count). The molecule has 5 nitrogen and oxygen atoms in total. The molecule has 1 fully saturated rings. The van der Waals surface area contributed by atoms with E-state index in [9.17, 15) is 5.11 Å². The Morgan fingerprint density at radius 1 is 1.65 bits per heavy atom. The van der Waals surface area contributed by atoms with Gasteiger partial charge in [0.15, 0.2) is 0 Å². The topological polar surface area (TPSA) is 60.2 Å². The van der Waals surface area contributed by atoms with Gasteiger partial charge in [-0.1, -0.05) is 0 Å². The maximum atomic E-state index is 10.5. The highest BCUT2D eigenvalue weighted by Gasteiger charge is 2.36. The number of ether oxygens (including phenoxy) is 1. The molecule has 2 heterocycles. The summed E-state index contributed by atoms with van der Waals surface area (Å²) in [5.41, 5.74) is -0.768. The van der Waals surface area contributed by atoms with Crippen LogP contribution in [0, 0.1) is 5.92 Å². The van der Waals surface area contributed by atoms with Crippen molar-refractivity contribution in [3.63, 3.8) is 0 Å². The maximum absolute atomic E-state index is 10.5. The lowest BCUT2D eigenvalue weighted by atomic mass is 9.85. The smallest absolute Gasteiger partial charge is 0.138 e. The third kappa shape index (κ3) is 2.66. The second kappa shape index (κ2) is 4.74. The van der Waals surface area contributed by atoms with E-state index in [0.29, 0.717) is 13.0 Å². The van der Waals surface area contributed by atoms with E-state index in [1.165, 1.54) is 0 Å². The lowest BCUT2D eigenvalue weighted by Crippen LogP contribution is -2.38. The van der Waals surface area contributed by atoms with Crippen molar-refractivity contribution in [2.75, 3.05) is 13.2 Å². The number of aliphatic hydroxyl groups is 1. The molecule has 2 unspecified atom stereocenters. The van der Waals surface area contributed by atoms with Crippen LogP contribution in [0.4, 0.5) is 0 Å². The molecule has 1 aromatic rings. The molecule has 2 atom stereocenters. The first kappa shape index (κ1) is 12.5. The second-order valence-corrected chi connectivity index (χ2v) is 5.31. The molecule has 1 aromatic heterocycles. The van der Waals surface area contributed by atoms with Crippen molar-refractivity contribution in [1.29, 1.82) is 0 Å². The number of hydrogen-bond donors (Lipinski definition) is 1. The van der Waals surface area contributed by atoms with Gasteiger partial charge in [-0.2, -0.15) is 5.10 Å². The van der Waals surface area contributed by atoms with Gasteiger partial charge in [0.25, 0.3) is 0 Å². The summed E-state index contributed by atoms with van der Waals surface area (Å²) in [4.78, 5) is 4.25. The van der Waals surface area contributed by atoms with E-state index in [1.807, 2.05) is 11.6 Å². The summed E-state index contributed by atoms with van der Waals surface area (Å²) in [6, 6.07) is 0.267. The Hall–Kier alpha value is -0.940. The Morgan fingerprint density at radius 3 is 3.00 bits per heavy atom. The fraction of sp³-hybridized carbons (Fsp3) is 0.833. The first-order valence-corrected chi connectivity index (χ1v) is 6.19. The van der Waals surface area contributed by atoms with Crippen LogP contribution in [0.15, 0.2) is 6.33 Å². The monoisotopic (exact) mass is 239 g/mol. The number of nitrogens with zero attached hydrogens (tertiary/aromatic N) is 3. The molecule has 0 radical (unpaired) electrons. The molecule has 0 bridgehead atoms. The highest BCUT2D eigenvalue weighted by Crippen LogP contribution is 2.28. The van der Waals surface area contributed by atoms with Crippen molar-refractivity contribution in [2.24, 2.45) is 5.92 Å². The molecule has 0 aliphatic carbocycles. The van der Waals surface area contributed by atoms with E-state index in [-0.39, 0.29) is 12.0 Å². The van der Waals surface area contributed by atoms with Gasteiger partial charge in [-0.05, 0) is 27.2 Å². The number of hydrogen-bond acceptors (Lipinski definition) is 4. The predicted molar refractivity (Wildman–Crippen MR) is 63.7 cm³/mol. The molecule has 1 aliphatic heterocycles. The first-order valence-electron chi connectivity index (χ1n) is 6.19.